The molecule has 186 valence electrons. The third-order valence-electron chi connectivity index (χ3n) is 4.17. The standard InChI is InChI=1S/C21H34N4O7S/c1-8-31-19(29)14-10-33-18(24-14)12(4)22-16(27)13(9-26)23-17(28)15(11(2)3)25-20(30)32-21(5,6)7/h10-13,15,26H,8-9H2,1-7H3,(H,22,27)(H,23,28)(H,25,30)/t12-,13-,15-/m0/s1. The first-order chi connectivity index (χ1) is 15.3. The van der Waals surface area contributed by atoms with Gasteiger partial charge in [-0.1, -0.05) is 13.8 Å². The van der Waals surface area contributed by atoms with Crippen LogP contribution in [0.2, 0.25) is 0 Å². The molecule has 33 heavy (non-hydrogen) atoms. The number of rotatable bonds is 10. The van der Waals surface area contributed by atoms with Crippen LogP contribution < -0.4 is 16.0 Å². The van der Waals surface area contributed by atoms with Gasteiger partial charge in [-0.25, -0.2) is 14.6 Å². The van der Waals surface area contributed by atoms with Gasteiger partial charge >= 0.3 is 12.1 Å². The summed E-state index contributed by atoms with van der Waals surface area (Å²) in [6, 6.07) is -2.83. The van der Waals surface area contributed by atoms with Crippen LogP contribution in [0.4, 0.5) is 4.79 Å². The van der Waals surface area contributed by atoms with Gasteiger partial charge in [-0.05, 0) is 40.5 Å². The van der Waals surface area contributed by atoms with E-state index >= 15 is 0 Å². The molecule has 4 N–H and O–H groups in total. The monoisotopic (exact) mass is 486 g/mol. The number of carbonyl (C=O) groups excluding carboxylic acids is 4. The first kappa shape index (κ1) is 28.3. The Balaban J connectivity index is 2.78. The van der Waals surface area contributed by atoms with Gasteiger partial charge in [0.05, 0.1) is 19.3 Å². The van der Waals surface area contributed by atoms with E-state index in [1.54, 1.807) is 48.5 Å². The largest absolute Gasteiger partial charge is 0.461 e. The van der Waals surface area contributed by atoms with Gasteiger partial charge in [0.25, 0.3) is 0 Å². The maximum absolute atomic E-state index is 12.7. The summed E-state index contributed by atoms with van der Waals surface area (Å²) in [6.45, 7) is 11.4. The molecule has 3 atom stereocenters. The molecule has 1 aromatic rings. The summed E-state index contributed by atoms with van der Waals surface area (Å²) in [6.07, 6.45) is -0.767. The van der Waals surface area contributed by atoms with Crippen LogP contribution in [-0.2, 0) is 19.1 Å². The predicted octanol–water partition coefficient (Wildman–Crippen LogP) is 1.52. The number of nitrogens with zero attached hydrogens (tertiary/aromatic N) is 1. The van der Waals surface area contributed by atoms with E-state index in [1.165, 1.54) is 16.7 Å². The molecule has 0 saturated carbocycles. The van der Waals surface area contributed by atoms with Crippen molar-refractivity contribution in [2.75, 3.05) is 13.2 Å². The van der Waals surface area contributed by atoms with E-state index in [0.717, 1.165) is 0 Å². The minimum absolute atomic E-state index is 0.137. The van der Waals surface area contributed by atoms with Crippen LogP contribution in [0.15, 0.2) is 5.38 Å². The Bertz CT molecular complexity index is 835. The highest BCUT2D eigenvalue weighted by molar-refractivity contribution is 7.09. The summed E-state index contributed by atoms with van der Waals surface area (Å²) < 4.78 is 10.1. The van der Waals surface area contributed by atoms with Gasteiger partial charge in [0.1, 0.15) is 22.7 Å². The molecular weight excluding hydrogens is 452 g/mol. The van der Waals surface area contributed by atoms with E-state index in [2.05, 4.69) is 20.9 Å². The van der Waals surface area contributed by atoms with Gasteiger partial charge in [-0.3, -0.25) is 9.59 Å². The van der Waals surface area contributed by atoms with Gasteiger partial charge in [0, 0.05) is 5.38 Å². The number of hydrogen-bond donors (Lipinski definition) is 4. The van der Waals surface area contributed by atoms with E-state index in [9.17, 15) is 24.3 Å². The maximum atomic E-state index is 12.7. The molecule has 0 radical (unpaired) electrons. The second-order valence-electron chi connectivity index (χ2n) is 8.63. The maximum Gasteiger partial charge on any atom is 0.408 e. The van der Waals surface area contributed by atoms with Crippen molar-refractivity contribution < 1.29 is 33.8 Å². The molecule has 0 aromatic carbocycles. The highest BCUT2D eigenvalue weighted by Gasteiger charge is 2.30. The predicted molar refractivity (Wildman–Crippen MR) is 122 cm³/mol. The van der Waals surface area contributed by atoms with Gasteiger partial charge in [0.15, 0.2) is 5.69 Å². The summed E-state index contributed by atoms with van der Waals surface area (Å²) in [5.41, 5.74) is -0.604. The Morgan fingerprint density at radius 3 is 2.24 bits per heavy atom. The minimum Gasteiger partial charge on any atom is -0.461 e. The van der Waals surface area contributed by atoms with E-state index < -0.39 is 54.2 Å². The van der Waals surface area contributed by atoms with Crippen LogP contribution in [0.1, 0.15) is 70.0 Å². The fraction of sp³-hybridized carbons (Fsp3) is 0.667. The number of thiazole rings is 1. The number of aliphatic hydroxyl groups is 1. The number of ether oxygens (including phenoxy) is 2. The fourth-order valence-electron chi connectivity index (χ4n) is 2.59. The van der Waals surface area contributed by atoms with Crippen LogP contribution in [0.3, 0.4) is 0 Å². The number of amides is 3. The number of esters is 1. The van der Waals surface area contributed by atoms with Crippen molar-refractivity contribution in [1.29, 1.82) is 0 Å². The number of nitrogens with one attached hydrogen (secondary N) is 3. The lowest BCUT2D eigenvalue weighted by Gasteiger charge is -2.26. The quantitative estimate of drug-likeness (QED) is 0.363. The average molecular weight is 487 g/mol. The second-order valence-corrected chi connectivity index (χ2v) is 9.52. The molecule has 1 heterocycles. The normalized spacial score (nSPS) is 14.1. The molecular formula is C21H34N4O7S. The number of carbonyl (C=O) groups is 4. The average Bonchev–Trinajstić information content (AvgIpc) is 3.19. The van der Waals surface area contributed by atoms with E-state index in [1.807, 2.05) is 0 Å². The summed E-state index contributed by atoms with van der Waals surface area (Å²) in [5.74, 6) is -2.16. The van der Waals surface area contributed by atoms with Gasteiger partial charge in [-0.2, -0.15) is 0 Å². The zero-order valence-corrected chi connectivity index (χ0v) is 20.9. The summed E-state index contributed by atoms with van der Waals surface area (Å²) in [5, 5.41) is 19.2. The lowest BCUT2D eigenvalue weighted by atomic mass is 10.0. The molecule has 0 bridgehead atoms. The Kier molecular flexibility index (Phi) is 10.7. The van der Waals surface area contributed by atoms with Crippen molar-refractivity contribution in [2.24, 2.45) is 5.92 Å². The van der Waals surface area contributed by atoms with E-state index in [0.29, 0.717) is 5.01 Å². The minimum atomic E-state index is -1.26. The van der Waals surface area contributed by atoms with Gasteiger partial charge < -0.3 is 30.5 Å². The Labute approximate surface area is 197 Å². The summed E-state index contributed by atoms with van der Waals surface area (Å²) >= 11 is 1.17. The molecule has 0 saturated heterocycles. The van der Waals surface area contributed by atoms with Crippen LogP contribution in [0, 0.1) is 5.92 Å². The van der Waals surface area contributed by atoms with Crippen molar-refractivity contribution in [1.82, 2.24) is 20.9 Å². The van der Waals surface area contributed by atoms with Crippen molar-refractivity contribution in [2.45, 2.75) is 72.2 Å². The lowest BCUT2D eigenvalue weighted by Crippen LogP contribution is -2.57. The van der Waals surface area contributed by atoms with E-state index in [4.69, 9.17) is 9.47 Å². The molecule has 0 spiro atoms. The van der Waals surface area contributed by atoms with Crippen LogP contribution in [0.25, 0.3) is 0 Å². The number of aromatic nitrogens is 1. The van der Waals surface area contributed by atoms with Crippen molar-refractivity contribution in [3.05, 3.63) is 16.1 Å². The first-order valence-corrected chi connectivity index (χ1v) is 11.5. The lowest BCUT2D eigenvalue weighted by molar-refractivity contribution is -0.131. The molecule has 0 aliphatic rings. The van der Waals surface area contributed by atoms with Crippen molar-refractivity contribution in [3.63, 3.8) is 0 Å². The molecule has 1 rings (SSSR count). The smallest absolute Gasteiger partial charge is 0.408 e. The molecule has 3 amide bonds. The summed E-state index contributed by atoms with van der Waals surface area (Å²) in [7, 11) is 0. The highest BCUT2D eigenvalue weighted by atomic mass is 32.1. The van der Waals surface area contributed by atoms with Crippen molar-refractivity contribution >= 4 is 35.2 Å². The number of hydrogen-bond acceptors (Lipinski definition) is 9. The SMILES string of the molecule is CCOC(=O)c1csc([C@H](C)NC(=O)[C@H](CO)NC(=O)[C@@H](NC(=O)OC(C)(C)C)C(C)C)n1. The molecule has 0 fully saturated rings. The van der Waals surface area contributed by atoms with E-state index in [-0.39, 0.29) is 18.2 Å². The number of aliphatic hydroxyl groups excluding tert-OH is 1. The second kappa shape index (κ2) is 12.5. The summed E-state index contributed by atoms with van der Waals surface area (Å²) in [4.78, 5) is 53.4. The Morgan fingerprint density at radius 2 is 1.73 bits per heavy atom. The molecule has 0 aliphatic carbocycles. The highest BCUT2D eigenvalue weighted by Crippen LogP contribution is 2.18. The molecule has 11 nitrogen and oxygen atoms in total. The zero-order chi connectivity index (χ0) is 25.3. The van der Waals surface area contributed by atoms with Crippen molar-refractivity contribution in [3.8, 4) is 0 Å². The zero-order valence-electron chi connectivity index (χ0n) is 20.1. The van der Waals surface area contributed by atoms with Crippen LogP contribution in [-0.4, -0.2) is 64.9 Å². The number of alkyl carbamates (subject to hydrolysis) is 1. The van der Waals surface area contributed by atoms with Crippen LogP contribution >= 0.6 is 11.3 Å². The third-order valence-corrected chi connectivity index (χ3v) is 5.20. The van der Waals surface area contributed by atoms with Gasteiger partial charge in [0.2, 0.25) is 11.8 Å². The first-order valence-electron chi connectivity index (χ1n) is 10.6. The van der Waals surface area contributed by atoms with Crippen LogP contribution in [0.5, 0.6) is 0 Å². The molecule has 12 heteroatoms. The topological polar surface area (TPSA) is 156 Å². The fourth-order valence-corrected chi connectivity index (χ4v) is 3.38. The Morgan fingerprint density at radius 1 is 1.09 bits per heavy atom. The molecule has 0 unspecified atom stereocenters. The molecule has 0 aliphatic heterocycles. The van der Waals surface area contributed by atoms with Gasteiger partial charge in [-0.15, -0.1) is 11.3 Å². The Hall–Kier alpha value is -2.73. The third kappa shape index (κ3) is 9.34. The molecule has 1 aromatic heterocycles.